The van der Waals surface area contributed by atoms with Gasteiger partial charge in [0.15, 0.2) is 0 Å². The van der Waals surface area contributed by atoms with Gasteiger partial charge in [0, 0.05) is 29.2 Å². The van der Waals surface area contributed by atoms with E-state index in [2.05, 4.69) is 9.71 Å². The number of aliphatic carboxylic acids is 1. The molecule has 2 aromatic carbocycles. The number of sulfonamides is 1. The second-order valence-corrected chi connectivity index (χ2v) is 7.11. The predicted octanol–water partition coefficient (Wildman–Crippen LogP) is 2.99. The molecule has 1 aromatic heterocycles. The SMILES string of the molecule is O=C(O)CCc1ccc(S(=O)(=O)Nc2ccc3[nH]ccc3c2)cc1. The fourth-order valence-electron chi connectivity index (χ4n) is 2.42. The predicted molar refractivity (Wildman–Crippen MR) is 91.5 cm³/mol. The lowest BCUT2D eigenvalue weighted by Gasteiger charge is -2.09. The number of aromatic nitrogens is 1. The first-order valence-corrected chi connectivity index (χ1v) is 8.83. The molecule has 3 N–H and O–H groups in total. The molecular formula is C17H16N2O4S. The van der Waals surface area contributed by atoms with Gasteiger partial charge in [-0.05, 0) is 48.4 Å². The van der Waals surface area contributed by atoms with Crippen molar-refractivity contribution in [2.75, 3.05) is 4.72 Å². The largest absolute Gasteiger partial charge is 0.481 e. The molecule has 0 unspecified atom stereocenters. The Kier molecular flexibility index (Phi) is 4.26. The Morgan fingerprint density at radius 1 is 1.08 bits per heavy atom. The van der Waals surface area contributed by atoms with Crippen LogP contribution < -0.4 is 4.72 Å². The summed E-state index contributed by atoms with van der Waals surface area (Å²) in [6.45, 7) is 0. The molecule has 0 aliphatic rings. The van der Waals surface area contributed by atoms with Crippen LogP contribution in [0.15, 0.2) is 59.6 Å². The summed E-state index contributed by atoms with van der Waals surface area (Å²) in [5.74, 6) is -0.881. The molecule has 6 nitrogen and oxygen atoms in total. The van der Waals surface area contributed by atoms with Gasteiger partial charge in [0.2, 0.25) is 0 Å². The Labute approximate surface area is 139 Å². The maximum Gasteiger partial charge on any atom is 0.303 e. The van der Waals surface area contributed by atoms with Crippen LogP contribution in [-0.2, 0) is 21.2 Å². The highest BCUT2D eigenvalue weighted by Crippen LogP contribution is 2.21. The van der Waals surface area contributed by atoms with Crippen LogP contribution in [0.25, 0.3) is 10.9 Å². The zero-order chi connectivity index (χ0) is 17.2. The number of nitrogens with one attached hydrogen (secondary N) is 2. The molecule has 3 rings (SSSR count). The summed E-state index contributed by atoms with van der Waals surface area (Å²) in [7, 11) is -3.69. The Balaban J connectivity index is 1.78. The fourth-order valence-corrected chi connectivity index (χ4v) is 3.47. The third-order valence-electron chi connectivity index (χ3n) is 3.67. The minimum absolute atomic E-state index is 0.0149. The molecule has 0 bridgehead atoms. The van der Waals surface area contributed by atoms with Crippen LogP contribution in [0.3, 0.4) is 0 Å². The highest BCUT2D eigenvalue weighted by molar-refractivity contribution is 7.92. The van der Waals surface area contributed by atoms with Gasteiger partial charge in [-0.1, -0.05) is 12.1 Å². The monoisotopic (exact) mass is 344 g/mol. The molecule has 0 saturated heterocycles. The Morgan fingerprint density at radius 2 is 1.83 bits per heavy atom. The molecule has 0 fully saturated rings. The highest BCUT2D eigenvalue weighted by atomic mass is 32.2. The summed E-state index contributed by atoms with van der Waals surface area (Å²) in [5, 5.41) is 9.59. The molecule has 0 saturated carbocycles. The van der Waals surface area contributed by atoms with E-state index in [1.165, 1.54) is 12.1 Å². The van der Waals surface area contributed by atoms with Gasteiger partial charge in [0.05, 0.1) is 4.90 Å². The third-order valence-corrected chi connectivity index (χ3v) is 5.06. The van der Waals surface area contributed by atoms with Crippen LogP contribution in [0.1, 0.15) is 12.0 Å². The topological polar surface area (TPSA) is 99.3 Å². The lowest BCUT2D eigenvalue weighted by Crippen LogP contribution is -2.12. The number of carbonyl (C=O) groups is 1. The number of carboxylic acids is 1. The molecule has 3 aromatic rings. The van der Waals surface area contributed by atoms with Crippen LogP contribution in [0, 0.1) is 0 Å². The van der Waals surface area contributed by atoms with Crippen molar-refractivity contribution < 1.29 is 18.3 Å². The quantitative estimate of drug-likeness (QED) is 0.640. The highest BCUT2D eigenvalue weighted by Gasteiger charge is 2.14. The van der Waals surface area contributed by atoms with E-state index in [-0.39, 0.29) is 11.3 Å². The van der Waals surface area contributed by atoms with Crippen LogP contribution in [-0.4, -0.2) is 24.5 Å². The number of hydrogen-bond donors (Lipinski definition) is 3. The van der Waals surface area contributed by atoms with Gasteiger partial charge in [-0.2, -0.15) is 0 Å². The molecule has 0 atom stereocenters. The average Bonchev–Trinajstić information content (AvgIpc) is 3.00. The molecule has 0 amide bonds. The summed E-state index contributed by atoms with van der Waals surface area (Å²) < 4.78 is 27.4. The maximum absolute atomic E-state index is 12.4. The van der Waals surface area contributed by atoms with E-state index in [9.17, 15) is 13.2 Å². The van der Waals surface area contributed by atoms with E-state index < -0.39 is 16.0 Å². The molecule has 0 aliphatic heterocycles. The normalized spacial score (nSPS) is 11.5. The standard InChI is InChI=1S/C17H16N2O4S/c20-17(21)8-3-12-1-5-15(6-2-12)24(22,23)19-14-4-7-16-13(11-14)9-10-18-16/h1-2,4-7,9-11,18-19H,3,8H2,(H,20,21). The molecule has 1 heterocycles. The van der Waals surface area contributed by atoms with Crippen molar-refractivity contribution in [3.63, 3.8) is 0 Å². The van der Waals surface area contributed by atoms with Crippen molar-refractivity contribution in [1.82, 2.24) is 4.98 Å². The Morgan fingerprint density at radius 3 is 2.54 bits per heavy atom. The zero-order valence-electron chi connectivity index (χ0n) is 12.7. The molecule has 0 aliphatic carbocycles. The maximum atomic E-state index is 12.4. The zero-order valence-corrected chi connectivity index (χ0v) is 13.5. The van der Waals surface area contributed by atoms with Crippen molar-refractivity contribution in [2.45, 2.75) is 17.7 Å². The lowest BCUT2D eigenvalue weighted by molar-refractivity contribution is -0.136. The summed E-state index contributed by atoms with van der Waals surface area (Å²) in [5.41, 5.74) is 2.20. The Hall–Kier alpha value is -2.80. The number of carboxylic acid groups (broad SMARTS) is 1. The van der Waals surface area contributed by atoms with Gasteiger partial charge in [0.1, 0.15) is 0 Å². The summed E-state index contributed by atoms with van der Waals surface area (Å²) in [6.07, 6.45) is 2.17. The van der Waals surface area contributed by atoms with Crippen LogP contribution in [0.2, 0.25) is 0 Å². The van der Waals surface area contributed by atoms with Crippen molar-refractivity contribution >= 4 is 32.6 Å². The molecule has 7 heteroatoms. The first-order chi connectivity index (χ1) is 11.4. The summed E-state index contributed by atoms with van der Waals surface area (Å²) in [6, 6.07) is 13.3. The van der Waals surface area contributed by atoms with Crippen LogP contribution in [0.5, 0.6) is 0 Å². The average molecular weight is 344 g/mol. The fraction of sp³-hybridized carbons (Fsp3) is 0.118. The number of rotatable bonds is 6. The van der Waals surface area contributed by atoms with Gasteiger partial charge in [-0.15, -0.1) is 0 Å². The van der Waals surface area contributed by atoms with Crippen LogP contribution in [0.4, 0.5) is 5.69 Å². The Bertz CT molecular complexity index is 975. The number of H-pyrrole nitrogens is 1. The first kappa shape index (κ1) is 16.1. The molecule has 0 spiro atoms. The van der Waals surface area contributed by atoms with Gasteiger partial charge in [0.25, 0.3) is 10.0 Å². The van der Waals surface area contributed by atoms with Crippen molar-refractivity contribution in [2.24, 2.45) is 0 Å². The molecule has 24 heavy (non-hydrogen) atoms. The van der Waals surface area contributed by atoms with E-state index in [1.807, 2.05) is 12.1 Å². The van der Waals surface area contributed by atoms with E-state index >= 15 is 0 Å². The van der Waals surface area contributed by atoms with E-state index in [4.69, 9.17) is 5.11 Å². The number of anilines is 1. The van der Waals surface area contributed by atoms with Gasteiger partial charge in [-0.25, -0.2) is 8.42 Å². The van der Waals surface area contributed by atoms with Crippen LogP contribution >= 0.6 is 0 Å². The minimum atomic E-state index is -3.69. The van der Waals surface area contributed by atoms with Gasteiger partial charge in [-0.3, -0.25) is 9.52 Å². The van der Waals surface area contributed by atoms with Crippen molar-refractivity contribution in [3.05, 3.63) is 60.3 Å². The number of aryl methyl sites for hydroxylation is 1. The first-order valence-electron chi connectivity index (χ1n) is 7.35. The van der Waals surface area contributed by atoms with Crippen molar-refractivity contribution in [3.8, 4) is 0 Å². The number of benzene rings is 2. The molecule has 0 radical (unpaired) electrons. The molecule has 124 valence electrons. The van der Waals surface area contributed by atoms with Crippen molar-refractivity contribution in [1.29, 1.82) is 0 Å². The van der Waals surface area contributed by atoms with E-state index in [0.717, 1.165) is 16.5 Å². The van der Waals surface area contributed by atoms with E-state index in [1.54, 1.807) is 30.5 Å². The van der Waals surface area contributed by atoms with Gasteiger partial charge >= 0.3 is 5.97 Å². The smallest absolute Gasteiger partial charge is 0.303 e. The van der Waals surface area contributed by atoms with E-state index in [0.29, 0.717) is 12.1 Å². The summed E-state index contributed by atoms with van der Waals surface area (Å²) >= 11 is 0. The third kappa shape index (κ3) is 3.57. The second-order valence-electron chi connectivity index (χ2n) is 5.42. The number of aromatic amines is 1. The lowest BCUT2D eigenvalue weighted by atomic mass is 10.1. The summed E-state index contributed by atoms with van der Waals surface area (Å²) in [4.78, 5) is 13.8. The molecular weight excluding hydrogens is 328 g/mol. The number of fused-ring (bicyclic) bond motifs is 1. The minimum Gasteiger partial charge on any atom is -0.481 e. The second kappa shape index (κ2) is 6.37. The number of hydrogen-bond acceptors (Lipinski definition) is 3. The van der Waals surface area contributed by atoms with Gasteiger partial charge < -0.3 is 10.1 Å².